The Kier molecular flexibility index (Phi) is 2.99. The molecule has 0 atom stereocenters. The van der Waals surface area contributed by atoms with E-state index in [0.29, 0.717) is 11.4 Å². The van der Waals surface area contributed by atoms with E-state index in [-0.39, 0.29) is 11.8 Å². The van der Waals surface area contributed by atoms with Gasteiger partial charge in [-0.2, -0.15) is 0 Å². The van der Waals surface area contributed by atoms with Gasteiger partial charge in [0, 0.05) is 6.20 Å². The Bertz CT molecular complexity index is 538. The molecule has 0 bridgehead atoms. The van der Waals surface area contributed by atoms with Crippen LogP contribution >= 0.6 is 0 Å². The van der Waals surface area contributed by atoms with Gasteiger partial charge in [0.2, 0.25) is 5.88 Å². The highest BCUT2D eigenvalue weighted by atomic mass is 16.5. The van der Waals surface area contributed by atoms with Crippen molar-refractivity contribution in [3.05, 3.63) is 24.2 Å². The number of carbonyl (C=O) groups is 1. The van der Waals surface area contributed by atoms with Crippen LogP contribution in [-0.4, -0.2) is 35.4 Å². The lowest BCUT2D eigenvalue weighted by molar-refractivity contribution is 0.0556. The van der Waals surface area contributed by atoms with Crippen molar-refractivity contribution >= 4 is 5.97 Å². The van der Waals surface area contributed by atoms with Crippen LogP contribution < -0.4 is 4.74 Å². The number of aromatic nitrogens is 3. The molecule has 0 amide bonds. The van der Waals surface area contributed by atoms with Crippen LogP contribution in [0, 0.1) is 0 Å². The molecule has 0 N–H and O–H groups in total. The highest BCUT2D eigenvalue weighted by Gasteiger charge is 2.18. The van der Waals surface area contributed by atoms with Gasteiger partial charge in [-0.05, 0) is 12.1 Å². The average molecular weight is 235 g/mol. The molecule has 2 aromatic rings. The summed E-state index contributed by atoms with van der Waals surface area (Å²) in [6.45, 7) is 0. The molecule has 17 heavy (non-hydrogen) atoms. The molecule has 88 valence electrons. The van der Waals surface area contributed by atoms with E-state index in [0.717, 1.165) is 0 Å². The van der Waals surface area contributed by atoms with E-state index in [2.05, 4.69) is 19.9 Å². The Labute approximate surface area is 96.4 Å². The summed E-state index contributed by atoms with van der Waals surface area (Å²) < 4.78 is 14.6. The fourth-order valence-electron chi connectivity index (χ4n) is 1.22. The summed E-state index contributed by atoms with van der Waals surface area (Å²) in [4.78, 5) is 15.1. The van der Waals surface area contributed by atoms with E-state index >= 15 is 0 Å². The summed E-state index contributed by atoms with van der Waals surface area (Å²) in [5.74, 6) is -0.414. The van der Waals surface area contributed by atoms with Crippen LogP contribution in [0.1, 0.15) is 10.7 Å². The van der Waals surface area contributed by atoms with E-state index in [9.17, 15) is 4.79 Å². The Morgan fingerprint density at radius 3 is 2.88 bits per heavy atom. The van der Waals surface area contributed by atoms with E-state index in [1.165, 1.54) is 14.2 Å². The zero-order valence-corrected chi connectivity index (χ0v) is 9.21. The summed E-state index contributed by atoms with van der Waals surface area (Å²) in [7, 11) is 2.71. The van der Waals surface area contributed by atoms with E-state index in [1.807, 2.05) is 0 Å². The average Bonchev–Trinajstić information content (AvgIpc) is 2.87. The van der Waals surface area contributed by atoms with Crippen molar-refractivity contribution in [2.24, 2.45) is 0 Å². The second-order valence-electron chi connectivity index (χ2n) is 2.96. The molecule has 0 saturated heterocycles. The van der Waals surface area contributed by atoms with Gasteiger partial charge in [-0.15, -0.1) is 10.2 Å². The van der Waals surface area contributed by atoms with Crippen LogP contribution in [0.25, 0.3) is 11.5 Å². The molecule has 0 spiro atoms. The van der Waals surface area contributed by atoms with Gasteiger partial charge in [0.1, 0.15) is 5.56 Å². The third-order valence-electron chi connectivity index (χ3n) is 1.98. The lowest BCUT2D eigenvalue weighted by atomic mass is 10.3. The highest BCUT2D eigenvalue weighted by Crippen LogP contribution is 2.26. The first kappa shape index (κ1) is 11.1. The minimum Gasteiger partial charge on any atom is -0.480 e. The SMILES string of the molecule is COC(=O)c1nnc(-c2cccnc2OC)o1. The van der Waals surface area contributed by atoms with Crippen LogP contribution in [0.3, 0.4) is 0 Å². The molecule has 0 radical (unpaired) electrons. The quantitative estimate of drug-likeness (QED) is 0.731. The van der Waals surface area contributed by atoms with Gasteiger partial charge >= 0.3 is 11.9 Å². The smallest absolute Gasteiger partial charge is 0.396 e. The molecule has 0 aromatic carbocycles. The fraction of sp³-hybridized carbons (Fsp3) is 0.200. The molecular weight excluding hydrogens is 226 g/mol. The monoisotopic (exact) mass is 235 g/mol. The van der Waals surface area contributed by atoms with Gasteiger partial charge < -0.3 is 13.9 Å². The third kappa shape index (κ3) is 2.07. The predicted octanol–water partition coefficient (Wildman–Crippen LogP) is 0.927. The Morgan fingerprint density at radius 2 is 2.18 bits per heavy atom. The van der Waals surface area contributed by atoms with Crippen LogP contribution in [0.4, 0.5) is 0 Å². The largest absolute Gasteiger partial charge is 0.480 e. The first-order chi connectivity index (χ1) is 8.26. The lowest BCUT2D eigenvalue weighted by Gasteiger charge is -2.01. The molecule has 2 rings (SSSR count). The molecule has 0 fully saturated rings. The van der Waals surface area contributed by atoms with Crippen molar-refractivity contribution in [1.82, 2.24) is 15.2 Å². The Balaban J connectivity index is 2.40. The van der Waals surface area contributed by atoms with Crippen molar-refractivity contribution in [1.29, 1.82) is 0 Å². The van der Waals surface area contributed by atoms with Gasteiger partial charge in [0.25, 0.3) is 5.89 Å². The first-order valence-corrected chi connectivity index (χ1v) is 4.67. The molecule has 7 heteroatoms. The maximum Gasteiger partial charge on any atom is 0.396 e. The summed E-state index contributed by atoms with van der Waals surface area (Å²) >= 11 is 0. The van der Waals surface area contributed by atoms with Gasteiger partial charge in [0.05, 0.1) is 14.2 Å². The van der Waals surface area contributed by atoms with Crippen molar-refractivity contribution < 1.29 is 18.7 Å². The second-order valence-corrected chi connectivity index (χ2v) is 2.96. The van der Waals surface area contributed by atoms with Crippen LogP contribution in [0.5, 0.6) is 5.88 Å². The van der Waals surface area contributed by atoms with Crippen LogP contribution in [0.15, 0.2) is 22.7 Å². The number of ether oxygens (including phenoxy) is 2. The zero-order chi connectivity index (χ0) is 12.3. The number of esters is 1. The number of pyridine rings is 1. The van der Waals surface area contributed by atoms with E-state index < -0.39 is 5.97 Å². The lowest BCUT2D eigenvalue weighted by Crippen LogP contribution is -2.00. The van der Waals surface area contributed by atoms with Crippen molar-refractivity contribution in [3.63, 3.8) is 0 Å². The number of nitrogens with zero attached hydrogens (tertiary/aromatic N) is 3. The number of hydrogen-bond acceptors (Lipinski definition) is 7. The van der Waals surface area contributed by atoms with Crippen LogP contribution in [-0.2, 0) is 4.74 Å². The molecule has 0 saturated carbocycles. The Morgan fingerprint density at radius 1 is 1.35 bits per heavy atom. The minimum absolute atomic E-state index is 0.148. The molecule has 0 aliphatic carbocycles. The summed E-state index contributed by atoms with van der Waals surface area (Å²) in [6.07, 6.45) is 1.57. The van der Waals surface area contributed by atoms with Gasteiger partial charge in [-0.1, -0.05) is 0 Å². The Hall–Kier alpha value is -2.44. The number of methoxy groups -OCH3 is 2. The molecule has 0 aliphatic rings. The van der Waals surface area contributed by atoms with Gasteiger partial charge in [-0.3, -0.25) is 0 Å². The normalized spacial score (nSPS) is 10.0. The van der Waals surface area contributed by atoms with E-state index in [1.54, 1.807) is 18.3 Å². The standard InChI is InChI=1S/C10H9N3O4/c1-15-7-6(4-3-5-11-7)8-12-13-9(17-8)10(14)16-2/h3-5H,1-2H3. The topological polar surface area (TPSA) is 87.3 Å². The maximum absolute atomic E-state index is 11.1. The number of carbonyl (C=O) groups excluding carboxylic acids is 1. The van der Waals surface area contributed by atoms with E-state index in [4.69, 9.17) is 9.15 Å². The molecule has 0 unspecified atom stereocenters. The predicted molar refractivity (Wildman–Crippen MR) is 55.4 cm³/mol. The maximum atomic E-state index is 11.1. The molecule has 2 heterocycles. The second kappa shape index (κ2) is 4.60. The molecule has 2 aromatic heterocycles. The number of hydrogen-bond donors (Lipinski definition) is 0. The summed E-state index contributed by atoms with van der Waals surface area (Å²) in [5.41, 5.74) is 0.512. The van der Waals surface area contributed by atoms with Crippen molar-refractivity contribution in [3.8, 4) is 17.3 Å². The fourth-order valence-corrected chi connectivity index (χ4v) is 1.22. The zero-order valence-electron chi connectivity index (χ0n) is 9.21. The van der Waals surface area contributed by atoms with Gasteiger partial charge in [0.15, 0.2) is 0 Å². The van der Waals surface area contributed by atoms with Crippen molar-refractivity contribution in [2.45, 2.75) is 0 Å². The minimum atomic E-state index is -0.688. The summed E-state index contributed by atoms with van der Waals surface area (Å²) in [5, 5.41) is 7.29. The van der Waals surface area contributed by atoms with Gasteiger partial charge in [-0.25, -0.2) is 9.78 Å². The molecule has 7 nitrogen and oxygen atoms in total. The molecule has 0 aliphatic heterocycles. The molecular formula is C10H9N3O4. The third-order valence-corrected chi connectivity index (χ3v) is 1.98. The highest BCUT2D eigenvalue weighted by molar-refractivity contribution is 5.84. The summed E-state index contributed by atoms with van der Waals surface area (Å²) in [6, 6.07) is 3.39. The first-order valence-electron chi connectivity index (χ1n) is 4.67. The van der Waals surface area contributed by atoms with Crippen molar-refractivity contribution in [2.75, 3.05) is 14.2 Å². The van der Waals surface area contributed by atoms with Crippen LogP contribution in [0.2, 0.25) is 0 Å². The number of rotatable bonds is 3.